The number of anilines is 2. The van der Waals surface area contributed by atoms with E-state index in [1.54, 1.807) is 0 Å². The first-order chi connectivity index (χ1) is 14.4. The lowest BCUT2D eigenvalue weighted by atomic mass is 9.90. The Labute approximate surface area is 180 Å². The maximum atomic E-state index is 13.5. The van der Waals surface area contributed by atoms with Crippen LogP contribution in [0.1, 0.15) is 73.0 Å². The van der Waals surface area contributed by atoms with E-state index in [0.717, 1.165) is 44.9 Å². The third-order valence-electron chi connectivity index (χ3n) is 5.74. The van der Waals surface area contributed by atoms with Crippen LogP contribution in [-0.4, -0.2) is 22.0 Å². The van der Waals surface area contributed by atoms with Crippen molar-refractivity contribution in [1.29, 1.82) is 0 Å². The van der Waals surface area contributed by atoms with Crippen molar-refractivity contribution in [3.63, 3.8) is 0 Å². The summed E-state index contributed by atoms with van der Waals surface area (Å²) in [5.41, 5.74) is 6.48. The van der Waals surface area contributed by atoms with Gasteiger partial charge in [-0.25, -0.2) is 4.79 Å². The number of hydrogen-bond acceptors (Lipinski definition) is 5. The van der Waals surface area contributed by atoms with Gasteiger partial charge in [-0.1, -0.05) is 33.6 Å². The molecule has 1 unspecified atom stereocenters. The zero-order valence-electron chi connectivity index (χ0n) is 18.1. The van der Waals surface area contributed by atoms with Crippen LogP contribution >= 0.6 is 11.3 Å². The second-order valence-corrected chi connectivity index (χ2v) is 9.35. The monoisotopic (exact) mass is 432 g/mol. The van der Waals surface area contributed by atoms with E-state index in [4.69, 9.17) is 5.73 Å². The number of nitrogens with zero attached hydrogens (tertiary/aromatic N) is 2. The highest BCUT2D eigenvalue weighted by molar-refractivity contribution is 7.14. The molecule has 1 atom stereocenters. The van der Waals surface area contributed by atoms with E-state index in [2.05, 4.69) is 11.9 Å². The maximum Gasteiger partial charge on any atom is 0.330 e. The van der Waals surface area contributed by atoms with Gasteiger partial charge in [0, 0.05) is 18.0 Å². The molecular formula is C22H32N4O3S. The molecular weight excluding hydrogens is 400 g/mol. The fraction of sp³-hybridized carbons (Fsp3) is 0.591. The number of thiophene rings is 1. The zero-order chi connectivity index (χ0) is 21.8. The number of carbonyl (C=O) groups excluding carboxylic acids is 1. The second-order valence-electron chi connectivity index (χ2n) is 8.22. The molecule has 3 N–H and O–H groups in total. The highest BCUT2D eigenvalue weighted by Gasteiger charge is 2.28. The highest BCUT2D eigenvalue weighted by atomic mass is 32.1. The zero-order valence-corrected chi connectivity index (χ0v) is 18.9. The van der Waals surface area contributed by atoms with Crippen LogP contribution in [0.25, 0.3) is 0 Å². The fourth-order valence-electron chi connectivity index (χ4n) is 3.95. The van der Waals surface area contributed by atoms with Gasteiger partial charge in [0.15, 0.2) is 5.69 Å². The summed E-state index contributed by atoms with van der Waals surface area (Å²) in [6.45, 7) is 7.07. The Balaban J connectivity index is 2.04. The predicted octanol–water partition coefficient (Wildman–Crippen LogP) is 3.55. The van der Waals surface area contributed by atoms with Crippen LogP contribution in [0.4, 0.5) is 11.5 Å². The Hall–Kier alpha value is -2.35. The summed E-state index contributed by atoms with van der Waals surface area (Å²) < 4.78 is 1.37. The molecule has 3 rings (SSSR count). The first kappa shape index (κ1) is 22.3. The van der Waals surface area contributed by atoms with E-state index < -0.39 is 11.2 Å². The molecule has 0 aromatic carbocycles. The van der Waals surface area contributed by atoms with Crippen LogP contribution < -0.4 is 21.9 Å². The summed E-state index contributed by atoms with van der Waals surface area (Å²) in [5.74, 6) is 0.469. The van der Waals surface area contributed by atoms with Gasteiger partial charge in [0.1, 0.15) is 5.82 Å². The number of rotatable bonds is 8. The number of aromatic amines is 1. The smallest absolute Gasteiger partial charge is 0.330 e. The molecule has 7 nitrogen and oxygen atoms in total. The van der Waals surface area contributed by atoms with Gasteiger partial charge in [0.05, 0.1) is 4.88 Å². The van der Waals surface area contributed by atoms with Gasteiger partial charge in [0.25, 0.3) is 11.5 Å². The number of nitrogen functional groups attached to an aromatic ring is 1. The van der Waals surface area contributed by atoms with Gasteiger partial charge in [-0.05, 0) is 49.7 Å². The molecule has 30 heavy (non-hydrogen) atoms. The number of hydrogen-bond donors (Lipinski definition) is 2. The normalized spacial score (nSPS) is 15.8. The minimum Gasteiger partial charge on any atom is -0.383 e. The van der Waals surface area contributed by atoms with E-state index in [1.807, 2.05) is 19.9 Å². The van der Waals surface area contributed by atoms with Crippen LogP contribution in [0.15, 0.2) is 15.7 Å². The summed E-state index contributed by atoms with van der Waals surface area (Å²) in [5, 5.41) is 0. The Morgan fingerprint density at radius 2 is 2.03 bits per heavy atom. The molecule has 0 fully saturated rings. The molecule has 1 aliphatic carbocycles. The van der Waals surface area contributed by atoms with E-state index in [-0.39, 0.29) is 17.4 Å². The minimum atomic E-state index is -0.607. The Morgan fingerprint density at radius 3 is 2.73 bits per heavy atom. The lowest BCUT2D eigenvalue weighted by Crippen LogP contribution is -2.41. The number of H-pyrrole nitrogens is 1. The average molecular weight is 433 g/mol. The number of fused-ring (bicyclic) bond motifs is 1. The third kappa shape index (κ3) is 4.53. The van der Waals surface area contributed by atoms with Gasteiger partial charge >= 0.3 is 5.69 Å². The Bertz CT molecular complexity index is 1020. The lowest BCUT2D eigenvalue weighted by molar-refractivity contribution is 0.0990. The lowest BCUT2D eigenvalue weighted by Gasteiger charge is -2.24. The number of carbonyl (C=O) groups is 1. The number of unbranched alkanes of at least 4 members (excludes halogenated alkanes) is 2. The van der Waals surface area contributed by atoms with Gasteiger partial charge < -0.3 is 5.73 Å². The molecule has 1 amide bonds. The molecule has 2 heterocycles. The molecule has 0 bridgehead atoms. The van der Waals surface area contributed by atoms with Crippen molar-refractivity contribution < 1.29 is 4.79 Å². The second kappa shape index (κ2) is 9.64. The van der Waals surface area contributed by atoms with E-state index in [1.165, 1.54) is 31.2 Å². The van der Waals surface area contributed by atoms with Crippen molar-refractivity contribution in [2.75, 3.05) is 17.2 Å². The molecule has 164 valence electrons. The topological polar surface area (TPSA) is 101 Å². The summed E-state index contributed by atoms with van der Waals surface area (Å²) in [6, 6.07) is 1.98. The fourth-order valence-corrected chi connectivity index (χ4v) is 5.11. The van der Waals surface area contributed by atoms with Gasteiger partial charge in [0.2, 0.25) is 0 Å². The van der Waals surface area contributed by atoms with Crippen LogP contribution in [-0.2, 0) is 19.4 Å². The molecule has 2 aromatic heterocycles. The molecule has 0 radical (unpaired) electrons. The largest absolute Gasteiger partial charge is 0.383 e. The van der Waals surface area contributed by atoms with Crippen LogP contribution in [0, 0.1) is 5.92 Å². The molecule has 0 saturated carbocycles. The number of nitrogens with one attached hydrogen (secondary N) is 1. The molecule has 0 aliphatic heterocycles. The van der Waals surface area contributed by atoms with Crippen LogP contribution in [0.2, 0.25) is 0 Å². The van der Waals surface area contributed by atoms with Crippen molar-refractivity contribution in [3.05, 3.63) is 42.2 Å². The summed E-state index contributed by atoms with van der Waals surface area (Å²) >= 11 is 1.52. The SMILES string of the molecule is CCCCN(C(=O)c1cc2c(s1)CCC(C)C2)c1c(N)n(CCCC)c(=O)[nH]c1=O. The quantitative estimate of drug-likeness (QED) is 0.666. The molecule has 8 heteroatoms. The van der Waals surface area contributed by atoms with E-state index in [0.29, 0.717) is 23.9 Å². The Kier molecular flexibility index (Phi) is 7.18. The number of aryl methyl sites for hydroxylation is 1. The van der Waals surface area contributed by atoms with Crippen molar-refractivity contribution in [1.82, 2.24) is 9.55 Å². The number of aromatic nitrogens is 2. The van der Waals surface area contributed by atoms with Crippen LogP contribution in [0.3, 0.4) is 0 Å². The number of nitrogens with two attached hydrogens (primary N) is 1. The highest BCUT2D eigenvalue weighted by Crippen LogP contribution is 2.33. The first-order valence-corrected chi connectivity index (χ1v) is 11.7. The number of amides is 1. The molecule has 1 aliphatic rings. The first-order valence-electron chi connectivity index (χ1n) is 10.9. The van der Waals surface area contributed by atoms with E-state index in [9.17, 15) is 14.4 Å². The summed E-state index contributed by atoms with van der Waals surface area (Å²) in [6.07, 6.45) is 6.37. The standard InChI is InChI=1S/C22H32N4O3S/c1-4-6-10-25(18-19(23)26(11-7-5-2)22(29)24-20(18)27)21(28)17-13-15-12-14(3)8-9-16(15)30-17/h13-14H,4-12,23H2,1-3H3,(H,24,27,29). The van der Waals surface area contributed by atoms with Gasteiger partial charge in [-0.15, -0.1) is 11.3 Å². The van der Waals surface area contributed by atoms with E-state index >= 15 is 0 Å². The predicted molar refractivity (Wildman–Crippen MR) is 123 cm³/mol. The summed E-state index contributed by atoms with van der Waals surface area (Å²) in [4.78, 5) is 44.2. The van der Waals surface area contributed by atoms with Crippen molar-refractivity contribution in [2.45, 2.75) is 72.3 Å². The third-order valence-corrected chi connectivity index (χ3v) is 6.96. The average Bonchev–Trinajstić information content (AvgIpc) is 3.12. The van der Waals surface area contributed by atoms with Crippen molar-refractivity contribution in [3.8, 4) is 0 Å². The molecule has 0 spiro atoms. The van der Waals surface area contributed by atoms with Crippen molar-refractivity contribution >= 4 is 28.7 Å². The van der Waals surface area contributed by atoms with Gasteiger partial charge in [-0.2, -0.15) is 0 Å². The van der Waals surface area contributed by atoms with Crippen LogP contribution in [0.5, 0.6) is 0 Å². The molecule has 0 saturated heterocycles. The Morgan fingerprint density at radius 1 is 1.30 bits per heavy atom. The minimum absolute atomic E-state index is 0.0663. The van der Waals surface area contributed by atoms with Crippen molar-refractivity contribution in [2.24, 2.45) is 5.92 Å². The van der Waals surface area contributed by atoms with Gasteiger partial charge in [-0.3, -0.25) is 24.0 Å². The molecule has 2 aromatic rings. The maximum absolute atomic E-state index is 13.5. The summed E-state index contributed by atoms with van der Waals surface area (Å²) in [7, 11) is 0.